The third-order valence-corrected chi connectivity index (χ3v) is 6.05. The summed E-state index contributed by atoms with van der Waals surface area (Å²) in [5, 5.41) is 1.88. The molecule has 2 aliphatic rings. The van der Waals surface area contributed by atoms with E-state index in [4.69, 9.17) is 11.6 Å². The van der Waals surface area contributed by atoms with Crippen molar-refractivity contribution in [3.8, 4) is 0 Å². The van der Waals surface area contributed by atoms with Crippen LogP contribution >= 0.6 is 11.6 Å². The minimum absolute atomic E-state index is 0.0866. The van der Waals surface area contributed by atoms with Gasteiger partial charge in [0.05, 0.1) is 19.0 Å². The van der Waals surface area contributed by atoms with Gasteiger partial charge < -0.3 is 4.98 Å². The van der Waals surface area contributed by atoms with Crippen LogP contribution in [0.25, 0.3) is 10.9 Å². The van der Waals surface area contributed by atoms with Crippen molar-refractivity contribution in [3.05, 3.63) is 70.4 Å². The van der Waals surface area contributed by atoms with Crippen molar-refractivity contribution in [3.63, 3.8) is 0 Å². The molecule has 3 aromatic rings. The number of imide groups is 1. The largest absolute Gasteiger partial charge is 0.357 e. The fraction of sp³-hybridized carbons (Fsp3) is 0.273. The number of fused-ring (bicyclic) bond motifs is 3. The van der Waals surface area contributed by atoms with Crippen molar-refractivity contribution in [1.29, 1.82) is 0 Å². The summed E-state index contributed by atoms with van der Waals surface area (Å²) in [6.07, 6.45) is 1.10. The molecular weight excluding hydrogens is 374 g/mol. The van der Waals surface area contributed by atoms with Gasteiger partial charge in [0, 0.05) is 34.7 Å². The van der Waals surface area contributed by atoms with E-state index in [0.29, 0.717) is 13.1 Å². The first-order valence-corrected chi connectivity index (χ1v) is 9.89. The molecule has 2 aliphatic heterocycles. The van der Waals surface area contributed by atoms with Crippen molar-refractivity contribution in [2.45, 2.75) is 32.0 Å². The molecule has 2 aromatic carbocycles. The summed E-state index contributed by atoms with van der Waals surface area (Å²) in [4.78, 5) is 32.5. The molecular formula is C22H20ClN3O2. The SMILES string of the molecule is O=C1C[C@H](N2CCc3c([nH]c4ccc(Cl)cc34)C2)C(=O)N1Cc1ccccc1. The molecule has 0 radical (unpaired) electrons. The monoisotopic (exact) mass is 393 g/mol. The Morgan fingerprint density at radius 1 is 1.11 bits per heavy atom. The molecule has 2 amide bonds. The van der Waals surface area contributed by atoms with Crippen LogP contribution in [0.15, 0.2) is 48.5 Å². The van der Waals surface area contributed by atoms with E-state index < -0.39 is 0 Å². The summed E-state index contributed by atoms with van der Waals surface area (Å²) in [7, 11) is 0. The van der Waals surface area contributed by atoms with Crippen LogP contribution in [-0.2, 0) is 29.1 Å². The summed E-state index contributed by atoms with van der Waals surface area (Å²) >= 11 is 6.16. The Morgan fingerprint density at radius 2 is 1.93 bits per heavy atom. The second-order valence-corrected chi connectivity index (χ2v) is 7.95. The highest BCUT2D eigenvalue weighted by molar-refractivity contribution is 6.31. The van der Waals surface area contributed by atoms with Crippen LogP contribution < -0.4 is 0 Å². The number of H-pyrrole nitrogens is 1. The Labute approximate surface area is 167 Å². The number of aromatic amines is 1. The van der Waals surface area contributed by atoms with Gasteiger partial charge in [-0.2, -0.15) is 0 Å². The minimum Gasteiger partial charge on any atom is -0.357 e. The Hall–Kier alpha value is -2.63. The van der Waals surface area contributed by atoms with Crippen LogP contribution in [0.5, 0.6) is 0 Å². The van der Waals surface area contributed by atoms with Crippen LogP contribution in [0, 0.1) is 0 Å². The molecule has 3 heterocycles. The molecule has 0 bridgehead atoms. The maximum absolute atomic E-state index is 13.0. The van der Waals surface area contributed by atoms with Crippen molar-refractivity contribution < 1.29 is 9.59 Å². The summed E-state index contributed by atoms with van der Waals surface area (Å²) in [6.45, 7) is 1.75. The third kappa shape index (κ3) is 2.91. The van der Waals surface area contributed by atoms with Gasteiger partial charge in [0.15, 0.2) is 0 Å². The van der Waals surface area contributed by atoms with Gasteiger partial charge in [-0.3, -0.25) is 19.4 Å². The summed E-state index contributed by atoms with van der Waals surface area (Å²) < 4.78 is 0. The van der Waals surface area contributed by atoms with Crippen LogP contribution in [0.3, 0.4) is 0 Å². The lowest BCUT2D eigenvalue weighted by atomic mass is 10.0. The number of aromatic nitrogens is 1. The molecule has 5 rings (SSSR count). The Bertz CT molecular complexity index is 1080. The van der Waals surface area contributed by atoms with Crippen molar-refractivity contribution in [2.75, 3.05) is 6.54 Å². The van der Waals surface area contributed by atoms with Gasteiger partial charge in [0.2, 0.25) is 11.8 Å². The van der Waals surface area contributed by atoms with Crippen molar-refractivity contribution >= 4 is 34.3 Å². The van der Waals surface area contributed by atoms with E-state index in [9.17, 15) is 9.59 Å². The van der Waals surface area contributed by atoms with Crippen molar-refractivity contribution in [1.82, 2.24) is 14.8 Å². The number of hydrogen-bond acceptors (Lipinski definition) is 3. The van der Waals surface area contributed by atoms with E-state index in [2.05, 4.69) is 9.88 Å². The predicted molar refractivity (Wildman–Crippen MR) is 108 cm³/mol. The van der Waals surface area contributed by atoms with Crippen LogP contribution in [0.1, 0.15) is 23.2 Å². The maximum atomic E-state index is 13.0. The topological polar surface area (TPSA) is 56.4 Å². The highest BCUT2D eigenvalue weighted by Crippen LogP contribution is 2.32. The van der Waals surface area contributed by atoms with E-state index in [1.165, 1.54) is 10.5 Å². The molecule has 1 saturated heterocycles. The highest BCUT2D eigenvalue weighted by atomic mass is 35.5. The summed E-state index contributed by atoms with van der Waals surface area (Å²) in [5.41, 5.74) is 4.42. The number of halogens is 1. The quantitative estimate of drug-likeness (QED) is 0.693. The average molecular weight is 394 g/mol. The number of amides is 2. The molecule has 1 atom stereocenters. The number of benzene rings is 2. The molecule has 0 saturated carbocycles. The van der Waals surface area contributed by atoms with E-state index in [1.807, 2.05) is 48.5 Å². The molecule has 6 heteroatoms. The van der Waals surface area contributed by atoms with E-state index in [-0.39, 0.29) is 24.3 Å². The van der Waals surface area contributed by atoms with E-state index >= 15 is 0 Å². The number of nitrogens with zero attached hydrogens (tertiary/aromatic N) is 2. The average Bonchev–Trinajstić information content (AvgIpc) is 3.20. The molecule has 28 heavy (non-hydrogen) atoms. The lowest BCUT2D eigenvalue weighted by Crippen LogP contribution is -2.44. The molecule has 1 fully saturated rings. The van der Waals surface area contributed by atoms with Gasteiger partial charge in [-0.25, -0.2) is 0 Å². The van der Waals surface area contributed by atoms with Crippen LogP contribution in [-0.4, -0.2) is 39.2 Å². The first-order valence-electron chi connectivity index (χ1n) is 9.51. The molecule has 0 spiro atoms. The second kappa shape index (κ2) is 6.76. The van der Waals surface area contributed by atoms with E-state index in [0.717, 1.165) is 40.1 Å². The molecule has 142 valence electrons. The number of likely N-dealkylation sites (tertiary alicyclic amines) is 1. The number of nitrogens with one attached hydrogen (secondary N) is 1. The molecule has 1 aromatic heterocycles. The normalized spacial score (nSPS) is 20.2. The smallest absolute Gasteiger partial charge is 0.247 e. The summed E-state index contributed by atoms with van der Waals surface area (Å²) in [6, 6.07) is 15.1. The van der Waals surface area contributed by atoms with Gasteiger partial charge in [0.1, 0.15) is 0 Å². The minimum atomic E-state index is -0.376. The first-order chi connectivity index (χ1) is 13.6. The van der Waals surface area contributed by atoms with Gasteiger partial charge in [-0.05, 0) is 35.7 Å². The van der Waals surface area contributed by atoms with Crippen LogP contribution in [0.4, 0.5) is 0 Å². The van der Waals surface area contributed by atoms with Crippen LogP contribution in [0.2, 0.25) is 5.02 Å². The van der Waals surface area contributed by atoms with Gasteiger partial charge in [-0.1, -0.05) is 41.9 Å². The summed E-state index contributed by atoms with van der Waals surface area (Å²) in [5.74, 6) is -0.176. The zero-order valence-corrected chi connectivity index (χ0v) is 16.1. The van der Waals surface area contributed by atoms with Gasteiger partial charge in [0.25, 0.3) is 0 Å². The fourth-order valence-corrected chi connectivity index (χ4v) is 4.55. The maximum Gasteiger partial charge on any atom is 0.247 e. The number of carbonyl (C=O) groups excluding carboxylic acids is 2. The Kier molecular flexibility index (Phi) is 4.22. The number of carbonyl (C=O) groups is 2. The lowest BCUT2D eigenvalue weighted by molar-refractivity contribution is -0.140. The predicted octanol–water partition coefficient (Wildman–Crippen LogP) is 3.51. The van der Waals surface area contributed by atoms with E-state index in [1.54, 1.807) is 0 Å². The molecule has 5 nitrogen and oxygen atoms in total. The lowest BCUT2D eigenvalue weighted by Gasteiger charge is -2.30. The Balaban J connectivity index is 1.37. The van der Waals surface area contributed by atoms with Crippen molar-refractivity contribution in [2.24, 2.45) is 0 Å². The standard InChI is InChI=1S/C22H20ClN3O2/c23-15-6-7-18-17(10-15)16-8-9-25(13-19(16)24-18)20-11-21(27)26(22(20)28)12-14-4-2-1-3-5-14/h1-7,10,20,24H,8-9,11-13H2/t20-/m0/s1. The zero-order chi connectivity index (χ0) is 19.3. The zero-order valence-electron chi connectivity index (χ0n) is 15.3. The third-order valence-electron chi connectivity index (χ3n) is 5.81. The van der Waals surface area contributed by atoms with Gasteiger partial charge >= 0.3 is 0 Å². The second-order valence-electron chi connectivity index (χ2n) is 7.52. The molecule has 0 unspecified atom stereocenters. The number of hydrogen-bond donors (Lipinski definition) is 1. The van der Waals surface area contributed by atoms with Gasteiger partial charge in [-0.15, -0.1) is 0 Å². The number of rotatable bonds is 3. The first kappa shape index (κ1) is 17.5. The fourth-order valence-electron chi connectivity index (χ4n) is 4.38. The molecule has 0 aliphatic carbocycles. The Morgan fingerprint density at radius 3 is 2.75 bits per heavy atom. The molecule has 1 N–H and O–H groups in total. The highest BCUT2D eigenvalue weighted by Gasteiger charge is 2.42.